The smallest absolute Gasteiger partial charge is 0.269 e. The SMILES string of the molecule is CCN(Cc1ccc(C(=O)NNC(=O)CN(C)S(=O)(=O)c2ccc(C)cc2)cc1)C(C)C. The fourth-order valence-electron chi connectivity index (χ4n) is 3.07. The van der Waals surface area contributed by atoms with E-state index in [-0.39, 0.29) is 4.90 Å². The summed E-state index contributed by atoms with van der Waals surface area (Å²) >= 11 is 0. The summed E-state index contributed by atoms with van der Waals surface area (Å²) in [7, 11) is -2.50. The molecule has 0 unspecified atom stereocenters. The van der Waals surface area contributed by atoms with E-state index in [0.717, 1.165) is 28.5 Å². The number of carbonyl (C=O) groups is 2. The van der Waals surface area contributed by atoms with Crippen molar-refractivity contribution in [2.24, 2.45) is 0 Å². The summed E-state index contributed by atoms with van der Waals surface area (Å²) in [6, 6.07) is 13.9. The van der Waals surface area contributed by atoms with Crippen LogP contribution in [0.15, 0.2) is 53.4 Å². The Labute approximate surface area is 190 Å². The number of hydrogen-bond acceptors (Lipinski definition) is 5. The van der Waals surface area contributed by atoms with E-state index in [1.165, 1.54) is 19.2 Å². The molecule has 0 bridgehead atoms. The Morgan fingerprint density at radius 3 is 2.09 bits per heavy atom. The standard InChI is InChI=1S/C23H32N4O4S/c1-6-27(17(2)3)15-19-9-11-20(12-10-19)23(29)25-24-22(28)16-26(5)32(30,31)21-13-7-18(4)8-14-21/h7-14,17H,6,15-16H2,1-5H3,(H,24,28)(H,25,29). The second kappa shape index (κ2) is 11.2. The zero-order valence-corrected chi connectivity index (χ0v) is 20.1. The molecular weight excluding hydrogens is 428 g/mol. The lowest BCUT2D eigenvalue weighted by Crippen LogP contribution is -2.46. The number of amides is 2. The number of aryl methyl sites for hydroxylation is 1. The van der Waals surface area contributed by atoms with Gasteiger partial charge in [-0.2, -0.15) is 4.31 Å². The lowest BCUT2D eigenvalue weighted by atomic mass is 10.1. The van der Waals surface area contributed by atoms with Gasteiger partial charge in [-0.15, -0.1) is 0 Å². The van der Waals surface area contributed by atoms with E-state index in [9.17, 15) is 18.0 Å². The van der Waals surface area contributed by atoms with E-state index in [4.69, 9.17) is 0 Å². The molecule has 2 amide bonds. The quantitative estimate of drug-likeness (QED) is 0.560. The number of hydrogen-bond donors (Lipinski definition) is 2. The summed E-state index contributed by atoms with van der Waals surface area (Å²) in [5.74, 6) is -1.13. The van der Waals surface area contributed by atoms with Crippen LogP contribution in [0.3, 0.4) is 0 Å². The first-order valence-corrected chi connectivity index (χ1v) is 11.9. The number of rotatable bonds is 9. The number of nitrogens with zero attached hydrogens (tertiary/aromatic N) is 2. The van der Waals surface area contributed by atoms with Crippen molar-refractivity contribution in [1.82, 2.24) is 20.1 Å². The van der Waals surface area contributed by atoms with Crippen LogP contribution >= 0.6 is 0 Å². The van der Waals surface area contributed by atoms with Crippen LogP contribution in [0.2, 0.25) is 0 Å². The highest BCUT2D eigenvalue weighted by atomic mass is 32.2. The zero-order chi connectivity index (χ0) is 23.9. The number of nitrogens with one attached hydrogen (secondary N) is 2. The number of benzene rings is 2. The van der Waals surface area contributed by atoms with E-state index in [2.05, 4.69) is 36.5 Å². The normalized spacial score (nSPS) is 11.8. The van der Waals surface area contributed by atoms with E-state index in [1.807, 2.05) is 19.1 Å². The third-order valence-electron chi connectivity index (χ3n) is 5.15. The molecule has 0 fully saturated rings. The first-order chi connectivity index (χ1) is 15.0. The Hall–Kier alpha value is -2.75. The molecule has 8 nitrogen and oxygen atoms in total. The summed E-state index contributed by atoms with van der Waals surface area (Å²) in [5, 5.41) is 0. The van der Waals surface area contributed by atoms with Crippen LogP contribution in [-0.4, -0.2) is 55.6 Å². The molecule has 0 saturated heterocycles. The Kier molecular flexibility index (Phi) is 8.94. The maximum absolute atomic E-state index is 12.6. The highest BCUT2D eigenvalue weighted by Gasteiger charge is 2.23. The molecule has 0 aliphatic rings. The van der Waals surface area contributed by atoms with Gasteiger partial charge in [-0.05, 0) is 57.1 Å². The fourth-order valence-corrected chi connectivity index (χ4v) is 4.20. The van der Waals surface area contributed by atoms with E-state index in [0.29, 0.717) is 11.6 Å². The van der Waals surface area contributed by atoms with Crippen molar-refractivity contribution in [3.8, 4) is 0 Å². The lowest BCUT2D eigenvalue weighted by molar-refractivity contribution is -0.121. The number of likely N-dealkylation sites (N-methyl/N-ethyl adjacent to an activating group) is 1. The molecular formula is C23H32N4O4S. The highest BCUT2D eigenvalue weighted by molar-refractivity contribution is 7.89. The van der Waals surface area contributed by atoms with Gasteiger partial charge in [0.1, 0.15) is 0 Å². The minimum atomic E-state index is -3.81. The first kappa shape index (κ1) is 25.5. The molecule has 0 atom stereocenters. The molecule has 0 saturated carbocycles. The monoisotopic (exact) mass is 460 g/mol. The Balaban J connectivity index is 1.89. The molecule has 0 aliphatic carbocycles. The number of sulfonamides is 1. The second-order valence-electron chi connectivity index (χ2n) is 7.93. The topological polar surface area (TPSA) is 98.8 Å². The van der Waals surface area contributed by atoms with Gasteiger partial charge in [-0.25, -0.2) is 8.42 Å². The van der Waals surface area contributed by atoms with E-state index < -0.39 is 28.4 Å². The lowest BCUT2D eigenvalue weighted by Gasteiger charge is -2.24. The molecule has 2 aromatic rings. The van der Waals surface area contributed by atoms with Crippen molar-refractivity contribution in [3.05, 3.63) is 65.2 Å². The molecule has 0 radical (unpaired) electrons. The van der Waals surface area contributed by atoms with Crippen LogP contribution in [0.5, 0.6) is 0 Å². The van der Waals surface area contributed by atoms with Crippen molar-refractivity contribution in [2.45, 2.75) is 45.2 Å². The zero-order valence-electron chi connectivity index (χ0n) is 19.3. The highest BCUT2D eigenvalue weighted by Crippen LogP contribution is 2.14. The second-order valence-corrected chi connectivity index (χ2v) is 9.98. The fraction of sp³-hybridized carbons (Fsp3) is 0.391. The summed E-state index contributed by atoms with van der Waals surface area (Å²) < 4.78 is 26.1. The van der Waals surface area contributed by atoms with Crippen molar-refractivity contribution in [3.63, 3.8) is 0 Å². The van der Waals surface area contributed by atoms with Crippen molar-refractivity contribution < 1.29 is 18.0 Å². The summed E-state index contributed by atoms with van der Waals surface area (Å²) in [4.78, 5) is 26.9. The number of hydrazine groups is 1. The van der Waals surface area contributed by atoms with Crippen molar-refractivity contribution in [2.75, 3.05) is 20.1 Å². The Bertz CT molecular complexity index is 1020. The van der Waals surface area contributed by atoms with Crippen LogP contribution in [-0.2, 0) is 21.4 Å². The van der Waals surface area contributed by atoms with E-state index in [1.54, 1.807) is 24.3 Å². The van der Waals surface area contributed by atoms with Gasteiger partial charge in [-0.1, -0.05) is 36.8 Å². The molecule has 2 N–H and O–H groups in total. The molecule has 2 aromatic carbocycles. The number of carbonyl (C=O) groups excluding carboxylic acids is 2. The summed E-state index contributed by atoms with van der Waals surface area (Å²) in [6.07, 6.45) is 0. The largest absolute Gasteiger partial charge is 0.297 e. The average molecular weight is 461 g/mol. The third kappa shape index (κ3) is 6.88. The van der Waals surface area contributed by atoms with Gasteiger partial charge < -0.3 is 0 Å². The molecule has 0 heterocycles. The predicted octanol–water partition coefficient (Wildman–Crippen LogP) is 2.31. The van der Waals surface area contributed by atoms with Crippen LogP contribution in [0, 0.1) is 6.92 Å². The van der Waals surface area contributed by atoms with Crippen molar-refractivity contribution in [1.29, 1.82) is 0 Å². The minimum absolute atomic E-state index is 0.0987. The van der Waals surface area contributed by atoms with Crippen molar-refractivity contribution >= 4 is 21.8 Å². The maximum Gasteiger partial charge on any atom is 0.269 e. The molecule has 0 aromatic heterocycles. The predicted molar refractivity (Wildman–Crippen MR) is 124 cm³/mol. The van der Waals surface area contributed by atoms with Crippen LogP contribution in [0.4, 0.5) is 0 Å². The molecule has 2 rings (SSSR count). The van der Waals surface area contributed by atoms with Gasteiger partial charge in [0.2, 0.25) is 10.0 Å². The van der Waals surface area contributed by atoms with Crippen LogP contribution in [0.25, 0.3) is 0 Å². The maximum atomic E-state index is 12.6. The van der Waals surface area contributed by atoms with Crippen LogP contribution in [0.1, 0.15) is 42.3 Å². The average Bonchev–Trinajstić information content (AvgIpc) is 2.76. The third-order valence-corrected chi connectivity index (χ3v) is 6.97. The van der Waals surface area contributed by atoms with Crippen LogP contribution < -0.4 is 10.9 Å². The van der Waals surface area contributed by atoms with E-state index >= 15 is 0 Å². The molecule has 9 heteroatoms. The Morgan fingerprint density at radius 1 is 0.969 bits per heavy atom. The van der Waals surface area contributed by atoms with Gasteiger partial charge in [-0.3, -0.25) is 25.3 Å². The summed E-state index contributed by atoms with van der Waals surface area (Å²) in [6.45, 7) is 9.52. The molecule has 32 heavy (non-hydrogen) atoms. The minimum Gasteiger partial charge on any atom is -0.297 e. The van der Waals surface area contributed by atoms with Gasteiger partial charge in [0.05, 0.1) is 11.4 Å². The molecule has 174 valence electrons. The Morgan fingerprint density at radius 2 is 1.56 bits per heavy atom. The van der Waals surface area contributed by atoms with Gasteiger partial charge in [0.15, 0.2) is 0 Å². The van der Waals surface area contributed by atoms with Gasteiger partial charge >= 0.3 is 0 Å². The molecule has 0 spiro atoms. The van der Waals surface area contributed by atoms with Gasteiger partial charge in [0, 0.05) is 25.2 Å². The molecule has 0 aliphatic heterocycles. The first-order valence-electron chi connectivity index (χ1n) is 10.5. The van der Waals surface area contributed by atoms with Gasteiger partial charge in [0.25, 0.3) is 11.8 Å². The summed E-state index contributed by atoms with van der Waals surface area (Å²) in [5.41, 5.74) is 7.00.